The van der Waals surface area contributed by atoms with E-state index < -0.39 is 0 Å². The Morgan fingerprint density at radius 1 is 1.19 bits per heavy atom. The molecule has 0 amide bonds. The Labute approximate surface area is 135 Å². The van der Waals surface area contributed by atoms with E-state index in [0.29, 0.717) is 6.04 Å². The summed E-state index contributed by atoms with van der Waals surface area (Å²) in [6, 6.07) is 9.12. The maximum Gasteiger partial charge on any atom is 0.0758 e. The summed E-state index contributed by atoms with van der Waals surface area (Å²) in [5, 5.41) is 4.94. The van der Waals surface area contributed by atoms with Gasteiger partial charge in [-0.1, -0.05) is 41.4 Å². The average Bonchev–Trinajstić information content (AvgIpc) is 2.55. The molecule has 0 unspecified atom stereocenters. The summed E-state index contributed by atoms with van der Waals surface area (Å²) in [4.78, 5) is 4.56. The van der Waals surface area contributed by atoms with Crippen LogP contribution in [0.25, 0.3) is 10.9 Å². The zero-order valence-electron chi connectivity index (χ0n) is 12.6. The minimum atomic E-state index is 0.676. The Hall–Kier alpha value is -0.930. The maximum atomic E-state index is 4.56. The van der Waals surface area contributed by atoms with Gasteiger partial charge in [0, 0.05) is 28.6 Å². The lowest BCUT2D eigenvalue weighted by molar-refractivity contribution is 0.285. The van der Waals surface area contributed by atoms with Gasteiger partial charge in [0.1, 0.15) is 0 Å². The first-order chi connectivity index (χ1) is 10.3. The number of nitrogens with one attached hydrogen (secondary N) is 1. The van der Waals surface area contributed by atoms with E-state index in [2.05, 4.69) is 51.4 Å². The molecular formula is C18H23BrN2. The molecule has 1 heterocycles. The van der Waals surface area contributed by atoms with Crippen LogP contribution in [0.1, 0.15) is 44.6 Å². The largest absolute Gasteiger partial charge is 0.310 e. The van der Waals surface area contributed by atoms with Crippen molar-refractivity contribution < 1.29 is 0 Å². The number of benzene rings is 1. The van der Waals surface area contributed by atoms with Crippen molar-refractivity contribution in [2.45, 2.75) is 51.6 Å². The fourth-order valence-electron chi connectivity index (χ4n) is 3.37. The van der Waals surface area contributed by atoms with Crippen molar-refractivity contribution in [2.75, 3.05) is 0 Å². The molecule has 0 bridgehead atoms. The third kappa shape index (κ3) is 3.46. The van der Waals surface area contributed by atoms with Gasteiger partial charge in [-0.2, -0.15) is 0 Å². The van der Waals surface area contributed by atoms with Gasteiger partial charge < -0.3 is 5.32 Å². The molecule has 0 radical (unpaired) electrons. The van der Waals surface area contributed by atoms with Gasteiger partial charge in [0.2, 0.25) is 0 Å². The Morgan fingerprint density at radius 3 is 2.76 bits per heavy atom. The number of pyridine rings is 1. The van der Waals surface area contributed by atoms with Crippen molar-refractivity contribution in [3.63, 3.8) is 0 Å². The number of nitrogens with zero attached hydrogens (tertiary/aromatic N) is 1. The smallest absolute Gasteiger partial charge is 0.0758 e. The summed E-state index contributed by atoms with van der Waals surface area (Å²) in [5.74, 6) is 0.957. The highest BCUT2D eigenvalue weighted by atomic mass is 79.9. The topological polar surface area (TPSA) is 24.9 Å². The zero-order chi connectivity index (χ0) is 14.7. The quantitative estimate of drug-likeness (QED) is 0.837. The first-order valence-corrected chi connectivity index (χ1v) is 8.82. The number of hydrogen-bond donors (Lipinski definition) is 1. The normalized spacial score (nSPS) is 22.6. The van der Waals surface area contributed by atoms with Crippen LogP contribution in [-0.2, 0) is 6.54 Å². The Bertz CT molecular complexity index is 603. The van der Waals surface area contributed by atoms with E-state index in [4.69, 9.17) is 0 Å². The minimum absolute atomic E-state index is 0.676. The van der Waals surface area contributed by atoms with Crippen molar-refractivity contribution >= 4 is 26.8 Å². The van der Waals surface area contributed by atoms with Crippen molar-refractivity contribution in [2.24, 2.45) is 5.92 Å². The van der Waals surface area contributed by atoms with Crippen LogP contribution in [-0.4, -0.2) is 11.0 Å². The van der Waals surface area contributed by atoms with Crippen LogP contribution in [0.3, 0.4) is 0 Å². The molecular weight excluding hydrogens is 324 g/mol. The fourth-order valence-corrected chi connectivity index (χ4v) is 3.82. The predicted octanol–water partition coefficient (Wildman–Crippen LogP) is 5.06. The fraction of sp³-hybridized carbons (Fsp3) is 0.500. The average molecular weight is 347 g/mol. The number of aromatic nitrogens is 1. The first kappa shape index (κ1) is 15.0. The van der Waals surface area contributed by atoms with E-state index in [1.807, 2.05) is 12.3 Å². The Kier molecular flexibility index (Phi) is 4.91. The minimum Gasteiger partial charge on any atom is -0.310 e. The molecule has 2 aromatic rings. The van der Waals surface area contributed by atoms with Crippen molar-refractivity contribution in [1.29, 1.82) is 0 Å². The van der Waals surface area contributed by atoms with Crippen LogP contribution in [0, 0.1) is 5.92 Å². The van der Waals surface area contributed by atoms with Gasteiger partial charge in [-0.15, -0.1) is 0 Å². The second-order valence-corrected chi connectivity index (χ2v) is 6.97. The molecule has 1 aromatic heterocycles. The molecule has 1 N–H and O–H groups in total. The van der Waals surface area contributed by atoms with Gasteiger partial charge in [0.15, 0.2) is 0 Å². The third-order valence-corrected chi connectivity index (χ3v) is 5.50. The lowest BCUT2D eigenvalue weighted by Crippen LogP contribution is -2.32. The summed E-state index contributed by atoms with van der Waals surface area (Å²) in [6.07, 6.45) is 8.63. The number of fused-ring (bicyclic) bond motifs is 1. The highest BCUT2D eigenvalue weighted by Crippen LogP contribution is 2.28. The lowest BCUT2D eigenvalue weighted by Gasteiger charge is -2.28. The predicted molar refractivity (Wildman–Crippen MR) is 92.3 cm³/mol. The molecule has 1 aromatic carbocycles. The van der Waals surface area contributed by atoms with Gasteiger partial charge >= 0.3 is 0 Å². The number of halogens is 1. The molecule has 1 aliphatic carbocycles. The highest BCUT2D eigenvalue weighted by Gasteiger charge is 2.19. The molecule has 1 fully saturated rings. The lowest BCUT2D eigenvalue weighted by atomic mass is 9.84. The molecule has 3 heteroatoms. The molecule has 1 aliphatic rings. The van der Waals surface area contributed by atoms with E-state index in [9.17, 15) is 0 Å². The SMILES string of the molecule is CCC1CCC(NCc2ccc(Br)c3cccnc23)CC1. The van der Waals surface area contributed by atoms with Gasteiger partial charge in [0.25, 0.3) is 0 Å². The molecule has 0 saturated heterocycles. The molecule has 21 heavy (non-hydrogen) atoms. The van der Waals surface area contributed by atoms with E-state index in [0.717, 1.165) is 22.5 Å². The van der Waals surface area contributed by atoms with Crippen molar-refractivity contribution in [1.82, 2.24) is 10.3 Å². The second kappa shape index (κ2) is 6.89. The molecule has 112 valence electrons. The van der Waals surface area contributed by atoms with Gasteiger partial charge in [-0.25, -0.2) is 0 Å². The zero-order valence-corrected chi connectivity index (χ0v) is 14.2. The monoisotopic (exact) mass is 346 g/mol. The van der Waals surface area contributed by atoms with Crippen LogP contribution >= 0.6 is 15.9 Å². The second-order valence-electron chi connectivity index (χ2n) is 6.11. The summed E-state index contributed by atoms with van der Waals surface area (Å²) < 4.78 is 1.12. The van der Waals surface area contributed by atoms with Crippen LogP contribution < -0.4 is 5.32 Å². The molecule has 1 saturated carbocycles. The highest BCUT2D eigenvalue weighted by molar-refractivity contribution is 9.10. The Morgan fingerprint density at radius 2 is 2.00 bits per heavy atom. The third-order valence-electron chi connectivity index (χ3n) is 4.81. The van der Waals surface area contributed by atoms with E-state index in [1.165, 1.54) is 43.1 Å². The van der Waals surface area contributed by atoms with Gasteiger partial charge in [-0.3, -0.25) is 4.98 Å². The van der Waals surface area contributed by atoms with Gasteiger partial charge in [0.05, 0.1) is 5.52 Å². The van der Waals surface area contributed by atoms with Crippen LogP contribution in [0.2, 0.25) is 0 Å². The van der Waals surface area contributed by atoms with Crippen LogP contribution in [0.4, 0.5) is 0 Å². The van der Waals surface area contributed by atoms with E-state index >= 15 is 0 Å². The molecule has 0 spiro atoms. The molecule has 0 atom stereocenters. The number of hydrogen-bond acceptors (Lipinski definition) is 2. The van der Waals surface area contributed by atoms with Crippen LogP contribution in [0.5, 0.6) is 0 Å². The van der Waals surface area contributed by atoms with E-state index in [1.54, 1.807) is 0 Å². The summed E-state index contributed by atoms with van der Waals surface area (Å²) in [6.45, 7) is 3.24. The molecule has 3 rings (SSSR count). The number of rotatable bonds is 4. The maximum absolute atomic E-state index is 4.56. The molecule has 2 nitrogen and oxygen atoms in total. The molecule has 0 aliphatic heterocycles. The van der Waals surface area contributed by atoms with E-state index in [-0.39, 0.29) is 0 Å². The summed E-state index contributed by atoms with van der Waals surface area (Å²) in [5.41, 5.74) is 2.41. The van der Waals surface area contributed by atoms with Gasteiger partial charge in [-0.05, 0) is 49.3 Å². The first-order valence-electron chi connectivity index (χ1n) is 8.03. The van der Waals surface area contributed by atoms with Crippen LogP contribution in [0.15, 0.2) is 34.9 Å². The Balaban J connectivity index is 1.67. The summed E-state index contributed by atoms with van der Waals surface area (Å²) in [7, 11) is 0. The van der Waals surface area contributed by atoms with Crippen molar-refractivity contribution in [3.8, 4) is 0 Å². The standard InChI is InChI=1S/C18H23BrN2/c1-2-13-5-8-15(9-6-13)21-12-14-7-10-17(19)16-4-3-11-20-18(14)16/h3-4,7,10-11,13,15,21H,2,5-6,8-9,12H2,1H3. The van der Waals surface area contributed by atoms with Crippen molar-refractivity contribution in [3.05, 3.63) is 40.5 Å². The summed E-state index contributed by atoms with van der Waals surface area (Å²) >= 11 is 3.61.